The Kier molecular flexibility index (Phi) is 8.27. The highest BCUT2D eigenvalue weighted by molar-refractivity contribution is 5.75. The molecule has 0 aliphatic rings. The lowest BCUT2D eigenvalue weighted by Gasteiger charge is -2.23. The molecule has 32 heavy (non-hydrogen) atoms. The molecule has 7 heteroatoms. The van der Waals surface area contributed by atoms with Crippen LogP contribution in [0.2, 0.25) is 0 Å². The summed E-state index contributed by atoms with van der Waals surface area (Å²) < 4.78 is 13.3. The molecule has 7 nitrogen and oxygen atoms in total. The van der Waals surface area contributed by atoms with Gasteiger partial charge in [-0.3, -0.25) is 0 Å². The molecular weight excluding hydrogens is 404 g/mol. The van der Waals surface area contributed by atoms with Crippen LogP contribution in [0.5, 0.6) is 11.6 Å². The molecule has 3 rings (SSSR count). The van der Waals surface area contributed by atoms with Gasteiger partial charge < -0.3 is 19.7 Å². The first-order chi connectivity index (χ1) is 15.5. The van der Waals surface area contributed by atoms with Gasteiger partial charge in [-0.05, 0) is 31.0 Å². The van der Waals surface area contributed by atoms with E-state index in [2.05, 4.69) is 5.32 Å². The van der Waals surface area contributed by atoms with Gasteiger partial charge in [-0.2, -0.15) is 5.10 Å². The van der Waals surface area contributed by atoms with Crippen molar-refractivity contribution in [3.63, 3.8) is 0 Å². The molecule has 0 saturated carbocycles. The number of hydrogen-bond acceptors (Lipinski definition) is 4. The Hall–Kier alpha value is -3.32. The molecular formula is C25H32N4O3. The lowest BCUT2D eigenvalue weighted by molar-refractivity contribution is 0.146. The third-order valence-electron chi connectivity index (χ3n) is 5.07. The van der Waals surface area contributed by atoms with Crippen molar-refractivity contribution in [3.8, 4) is 22.9 Å². The summed E-state index contributed by atoms with van der Waals surface area (Å²) in [5.74, 6) is 1.34. The van der Waals surface area contributed by atoms with Crippen LogP contribution in [0.15, 0.2) is 54.6 Å². The summed E-state index contributed by atoms with van der Waals surface area (Å²) in [6.45, 7) is 5.92. The second kappa shape index (κ2) is 11.3. The monoisotopic (exact) mass is 436 g/mol. The minimum atomic E-state index is -0.131. The van der Waals surface area contributed by atoms with Gasteiger partial charge >= 0.3 is 6.03 Å². The van der Waals surface area contributed by atoms with Crippen LogP contribution in [0.25, 0.3) is 11.3 Å². The van der Waals surface area contributed by atoms with Gasteiger partial charge in [0.05, 0.1) is 18.7 Å². The first kappa shape index (κ1) is 23.3. The van der Waals surface area contributed by atoms with Crippen molar-refractivity contribution in [1.29, 1.82) is 0 Å². The molecule has 0 aliphatic heterocycles. The second-order valence-corrected chi connectivity index (χ2v) is 7.69. The van der Waals surface area contributed by atoms with Crippen LogP contribution < -0.4 is 10.1 Å². The standard InChI is InChI=1S/C25H32N4O3/c1-5-14-26-25(30)29(15-16-31-4)18-22-23(20-11-7-6-8-12-20)27-28(3)24(22)32-21-13-9-10-19(2)17-21/h6-13,17H,5,14-16,18H2,1-4H3,(H,26,30). The molecule has 0 saturated heterocycles. The van der Waals surface area contributed by atoms with Crippen LogP contribution in [-0.2, 0) is 18.3 Å². The van der Waals surface area contributed by atoms with E-state index in [1.54, 1.807) is 16.7 Å². The molecule has 0 atom stereocenters. The largest absolute Gasteiger partial charge is 0.439 e. The summed E-state index contributed by atoms with van der Waals surface area (Å²) in [5, 5.41) is 7.72. The van der Waals surface area contributed by atoms with E-state index in [4.69, 9.17) is 14.6 Å². The molecule has 1 N–H and O–H groups in total. The van der Waals surface area contributed by atoms with E-state index < -0.39 is 0 Å². The molecule has 0 unspecified atom stereocenters. The fourth-order valence-electron chi connectivity index (χ4n) is 3.43. The van der Waals surface area contributed by atoms with Gasteiger partial charge in [-0.1, -0.05) is 49.4 Å². The smallest absolute Gasteiger partial charge is 0.317 e. The summed E-state index contributed by atoms with van der Waals surface area (Å²) in [5.41, 5.74) is 3.72. The topological polar surface area (TPSA) is 68.6 Å². The molecule has 2 amide bonds. The number of benzene rings is 2. The lowest BCUT2D eigenvalue weighted by atomic mass is 10.1. The molecule has 0 bridgehead atoms. The van der Waals surface area contributed by atoms with E-state index >= 15 is 0 Å². The first-order valence-electron chi connectivity index (χ1n) is 10.9. The SMILES string of the molecule is CCCNC(=O)N(CCOC)Cc1c(-c2ccccc2)nn(C)c1Oc1cccc(C)c1. The van der Waals surface area contributed by atoms with Gasteiger partial charge in [-0.15, -0.1) is 0 Å². The third kappa shape index (κ3) is 5.88. The zero-order valence-electron chi connectivity index (χ0n) is 19.3. The van der Waals surface area contributed by atoms with Gasteiger partial charge in [0, 0.05) is 32.8 Å². The Morgan fingerprint density at radius 1 is 1.16 bits per heavy atom. The summed E-state index contributed by atoms with van der Waals surface area (Å²) >= 11 is 0. The Morgan fingerprint density at radius 2 is 1.94 bits per heavy atom. The molecule has 0 fully saturated rings. The molecule has 0 spiro atoms. The first-order valence-corrected chi connectivity index (χ1v) is 10.9. The van der Waals surface area contributed by atoms with Crippen molar-refractivity contribution in [1.82, 2.24) is 20.0 Å². The van der Waals surface area contributed by atoms with Crippen LogP contribution in [0.4, 0.5) is 4.79 Å². The van der Waals surface area contributed by atoms with Gasteiger partial charge in [0.1, 0.15) is 11.4 Å². The number of rotatable bonds is 10. The van der Waals surface area contributed by atoms with Crippen LogP contribution >= 0.6 is 0 Å². The van der Waals surface area contributed by atoms with Crippen molar-refractivity contribution in [2.75, 3.05) is 26.8 Å². The molecule has 170 valence electrons. The highest BCUT2D eigenvalue weighted by Crippen LogP contribution is 2.34. The fourth-order valence-corrected chi connectivity index (χ4v) is 3.43. The molecule has 2 aromatic carbocycles. The lowest BCUT2D eigenvalue weighted by Crippen LogP contribution is -2.41. The van der Waals surface area contributed by atoms with Crippen molar-refractivity contribution in [2.45, 2.75) is 26.8 Å². The number of nitrogens with zero attached hydrogens (tertiary/aromatic N) is 3. The number of nitrogens with one attached hydrogen (secondary N) is 1. The fraction of sp³-hybridized carbons (Fsp3) is 0.360. The average Bonchev–Trinajstić information content (AvgIpc) is 3.10. The van der Waals surface area contributed by atoms with Crippen molar-refractivity contribution < 1.29 is 14.3 Å². The number of carbonyl (C=O) groups is 1. The molecule has 0 aliphatic carbocycles. The van der Waals surface area contributed by atoms with E-state index in [0.717, 1.165) is 34.6 Å². The van der Waals surface area contributed by atoms with E-state index in [9.17, 15) is 4.79 Å². The molecule has 3 aromatic rings. The zero-order chi connectivity index (χ0) is 22.9. The van der Waals surface area contributed by atoms with Crippen LogP contribution in [0, 0.1) is 6.92 Å². The van der Waals surface area contributed by atoms with E-state index in [1.165, 1.54) is 0 Å². The number of hydrogen-bond donors (Lipinski definition) is 1. The van der Waals surface area contributed by atoms with E-state index in [0.29, 0.717) is 32.1 Å². The minimum Gasteiger partial charge on any atom is -0.439 e. The number of ether oxygens (including phenoxy) is 2. The van der Waals surface area contributed by atoms with Gasteiger partial charge in [-0.25, -0.2) is 9.48 Å². The van der Waals surface area contributed by atoms with Crippen molar-refractivity contribution >= 4 is 6.03 Å². The highest BCUT2D eigenvalue weighted by Gasteiger charge is 2.24. The highest BCUT2D eigenvalue weighted by atomic mass is 16.5. The van der Waals surface area contributed by atoms with E-state index in [1.807, 2.05) is 75.5 Å². The van der Waals surface area contributed by atoms with Crippen molar-refractivity contribution in [2.24, 2.45) is 7.05 Å². The number of aromatic nitrogens is 2. The minimum absolute atomic E-state index is 0.131. The average molecular weight is 437 g/mol. The second-order valence-electron chi connectivity index (χ2n) is 7.69. The van der Waals surface area contributed by atoms with Crippen LogP contribution in [0.3, 0.4) is 0 Å². The summed E-state index contributed by atoms with van der Waals surface area (Å²) in [7, 11) is 3.49. The maximum Gasteiger partial charge on any atom is 0.317 e. The number of methoxy groups -OCH3 is 1. The Bertz CT molecular complexity index is 1020. The predicted molar refractivity (Wildman–Crippen MR) is 126 cm³/mol. The predicted octanol–water partition coefficient (Wildman–Crippen LogP) is 4.76. The molecule has 1 aromatic heterocycles. The number of aryl methyl sites for hydroxylation is 2. The number of urea groups is 1. The summed E-state index contributed by atoms with van der Waals surface area (Å²) in [6, 6.07) is 17.7. The van der Waals surface area contributed by atoms with Gasteiger partial charge in [0.2, 0.25) is 5.88 Å². The van der Waals surface area contributed by atoms with Gasteiger partial charge in [0.25, 0.3) is 0 Å². The van der Waals surface area contributed by atoms with Crippen molar-refractivity contribution in [3.05, 3.63) is 65.7 Å². The Morgan fingerprint density at radius 3 is 2.62 bits per heavy atom. The summed E-state index contributed by atoms with van der Waals surface area (Å²) in [6.07, 6.45) is 0.869. The molecule has 1 heterocycles. The number of carbonyl (C=O) groups excluding carboxylic acids is 1. The molecule has 0 radical (unpaired) electrons. The maximum absolute atomic E-state index is 12.9. The normalized spacial score (nSPS) is 10.8. The van der Waals surface area contributed by atoms with Gasteiger partial charge in [0.15, 0.2) is 0 Å². The Balaban J connectivity index is 2.02. The third-order valence-corrected chi connectivity index (χ3v) is 5.07. The van der Waals surface area contributed by atoms with Crippen LogP contribution in [-0.4, -0.2) is 47.5 Å². The van der Waals surface area contributed by atoms with Crippen LogP contribution in [0.1, 0.15) is 24.5 Å². The Labute approximate surface area is 190 Å². The quantitative estimate of drug-likeness (QED) is 0.498. The van der Waals surface area contributed by atoms with E-state index in [-0.39, 0.29) is 6.03 Å². The maximum atomic E-state index is 12.9. The zero-order valence-corrected chi connectivity index (χ0v) is 19.3. The summed E-state index contributed by atoms with van der Waals surface area (Å²) in [4.78, 5) is 14.6. The number of amides is 2.